The van der Waals surface area contributed by atoms with E-state index in [2.05, 4.69) is 12.1 Å². The smallest absolute Gasteiger partial charge is 0.123 e. The van der Waals surface area contributed by atoms with E-state index in [4.69, 9.17) is 11.6 Å². The molecule has 100 valence electrons. The van der Waals surface area contributed by atoms with Crippen molar-refractivity contribution in [1.82, 2.24) is 0 Å². The second-order valence-electron chi connectivity index (χ2n) is 4.98. The summed E-state index contributed by atoms with van der Waals surface area (Å²) in [5, 5.41) is 0. The Kier molecular flexibility index (Phi) is 4.98. The van der Waals surface area contributed by atoms with Crippen molar-refractivity contribution >= 4 is 11.6 Å². The molecule has 19 heavy (non-hydrogen) atoms. The molecule has 2 heteroatoms. The summed E-state index contributed by atoms with van der Waals surface area (Å²) in [6.45, 7) is 2.02. The molecule has 0 amide bonds. The van der Waals surface area contributed by atoms with Crippen LogP contribution in [0.25, 0.3) is 0 Å². The lowest BCUT2D eigenvalue weighted by atomic mass is 9.92. The van der Waals surface area contributed by atoms with Crippen molar-refractivity contribution in [2.75, 3.05) is 5.88 Å². The van der Waals surface area contributed by atoms with Crippen molar-refractivity contribution in [2.45, 2.75) is 19.8 Å². The normalized spacial score (nSPS) is 12.4. The molecule has 0 saturated heterocycles. The van der Waals surface area contributed by atoms with Crippen molar-refractivity contribution in [2.24, 2.45) is 5.92 Å². The Morgan fingerprint density at radius 2 is 1.79 bits per heavy atom. The van der Waals surface area contributed by atoms with Crippen LogP contribution in [-0.2, 0) is 12.8 Å². The zero-order valence-corrected chi connectivity index (χ0v) is 11.8. The topological polar surface area (TPSA) is 0 Å². The van der Waals surface area contributed by atoms with Gasteiger partial charge in [0.05, 0.1) is 0 Å². The van der Waals surface area contributed by atoms with Gasteiger partial charge in [0.15, 0.2) is 0 Å². The highest BCUT2D eigenvalue weighted by atomic mass is 35.5. The molecule has 0 aliphatic carbocycles. The summed E-state index contributed by atoms with van der Waals surface area (Å²) in [6.07, 6.45) is 1.75. The largest absolute Gasteiger partial charge is 0.207 e. The molecule has 0 heterocycles. The third kappa shape index (κ3) is 4.07. The molecular weight excluding hydrogens is 259 g/mol. The van der Waals surface area contributed by atoms with Gasteiger partial charge in [-0.3, -0.25) is 0 Å². The highest BCUT2D eigenvalue weighted by Crippen LogP contribution is 2.19. The summed E-state index contributed by atoms with van der Waals surface area (Å²) in [6, 6.07) is 15.3. The lowest BCUT2D eigenvalue weighted by molar-refractivity contribution is 0.574. The van der Waals surface area contributed by atoms with Gasteiger partial charge >= 0.3 is 0 Å². The maximum absolute atomic E-state index is 13.3. The Balaban J connectivity index is 2.09. The van der Waals surface area contributed by atoms with Crippen LogP contribution < -0.4 is 0 Å². The molecule has 0 saturated carbocycles. The van der Waals surface area contributed by atoms with E-state index in [-0.39, 0.29) is 5.82 Å². The quantitative estimate of drug-likeness (QED) is 0.690. The molecule has 0 radical (unpaired) electrons. The molecule has 0 fully saturated rings. The van der Waals surface area contributed by atoms with Gasteiger partial charge < -0.3 is 0 Å². The third-order valence-electron chi connectivity index (χ3n) is 3.41. The molecule has 0 aromatic heterocycles. The molecular formula is C17H18ClF. The fraction of sp³-hybridized carbons (Fsp3) is 0.294. The van der Waals surface area contributed by atoms with Gasteiger partial charge in [-0.2, -0.15) is 0 Å². The van der Waals surface area contributed by atoms with E-state index in [1.807, 2.05) is 31.2 Å². The molecule has 0 bridgehead atoms. The van der Waals surface area contributed by atoms with Crippen LogP contribution in [0.3, 0.4) is 0 Å². The Bertz CT molecular complexity index is 522. The molecule has 0 spiro atoms. The first-order chi connectivity index (χ1) is 9.19. The van der Waals surface area contributed by atoms with Crippen LogP contribution in [0.2, 0.25) is 0 Å². The summed E-state index contributed by atoms with van der Waals surface area (Å²) < 4.78 is 13.3. The number of alkyl halides is 1. The number of aryl methyl sites for hydroxylation is 1. The van der Waals surface area contributed by atoms with E-state index < -0.39 is 0 Å². The summed E-state index contributed by atoms with van der Waals surface area (Å²) in [4.78, 5) is 0. The van der Waals surface area contributed by atoms with E-state index in [9.17, 15) is 4.39 Å². The van der Waals surface area contributed by atoms with Gasteiger partial charge in [-0.1, -0.05) is 36.4 Å². The van der Waals surface area contributed by atoms with E-state index in [1.54, 1.807) is 6.07 Å². The van der Waals surface area contributed by atoms with Crippen LogP contribution in [0, 0.1) is 18.7 Å². The number of hydrogen-bond acceptors (Lipinski definition) is 0. The lowest BCUT2D eigenvalue weighted by Crippen LogP contribution is -2.11. The average molecular weight is 277 g/mol. The second kappa shape index (κ2) is 6.72. The van der Waals surface area contributed by atoms with E-state index in [1.165, 1.54) is 11.6 Å². The first kappa shape index (κ1) is 14.1. The third-order valence-corrected chi connectivity index (χ3v) is 3.84. The summed E-state index contributed by atoms with van der Waals surface area (Å²) in [5.74, 6) is 0.753. The predicted octanol–water partition coefficient (Wildman–Crippen LogP) is 4.77. The Labute approximate surface area is 119 Å². The van der Waals surface area contributed by atoms with E-state index >= 15 is 0 Å². The molecule has 0 aliphatic rings. The maximum Gasteiger partial charge on any atom is 0.123 e. The lowest BCUT2D eigenvalue weighted by Gasteiger charge is -2.15. The van der Waals surface area contributed by atoms with E-state index in [0.717, 1.165) is 24.0 Å². The van der Waals surface area contributed by atoms with Crippen LogP contribution in [0.15, 0.2) is 48.5 Å². The minimum atomic E-state index is -0.173. The highest BCUT2D eigenvalue weighted by Gasteiger charge is 2.11. The Morgan fingerprint density at radius 1 is 1.05 bits per heavy atom. The van der Waals surface area contributed by atoms with Gasteiger partial charge in [-0.05, 0) is 54.5 Å². The van der Waals surface area contributed by atoms with Crippen molar-refractivity contribution in [3.8, 4) is 0 Å². The maximum atomic E-state index is 13.3. The van der Waals surface area contributed by atoms with Gasteiger partial charge in [0.25, 0.3) is 0 Å². The standard InChI is InChI=1S/C17H18ClF/c1-13-7-8-17(19)11-16(13)10-15(12-18)9-14-5-3-2-4-6-14/h2-8,11,15H,9-10,12H2,1H3. The summed E-state index contributed by atoms with van der Waals surface area (Å²) >= 11 is 6.07. The number of halogens is 2. The van der Waals surface area contributed by atoms with Crippen LogP contribution >= 0.6 is 11.6 Å². The molecule has 0 aliphatic heterocycles. The Hall–Kier alpha value is -1.34. The van der Waals surface area contributed by atoms with Gasteiger partial charge in [0, 0.05) is 5.88 Å². The van der Waals surface area contributed by atoms with Crippen molar-refractivity contribution in [3.63, 3.8) is 0 Å². The highest BCUT2D eigenvalue weighted by molar-refractivity contribution is 6.18. The fourth-order valence-electron chi connectivity index (χ4n) is 2.30. The van der Waals surface area contributed by atoms with Gasteiger partial charge in [0.1, 0.15) is 5.82 Å². The number of benzene rings is 2. The van der Waals surface area contributed by atoms with Crippen LogP contribution in [0.5, 0.6) is 0 Å². The predicted molar refractivity (Wildman–Crippen MR) is 79.2 cm³/mol. The molecule has 0 N–H and O–H groups in total. The zero-order valence-electron chi connectivity index (χ0n) is 11.1. The SMILES string of the molecule is Cc1ccc(F)cc1CC(CCl)Cc1ccccc1. The summed E-state index contributed by atoms with van der Waals surface area (Å²) in [5.41, 5.74) is 3.47. The fourth-order valence-corrected chi connectivity index (χ4v) is 2.52. The van der Waals surface area contributed by atoms with Gasteiger partial charge in [-0.25, -0.2) is 4.39 Å². The Morgan fingerprint density at radius 3 is 2.47 bits per heavy atom. The molecule has 2 rings (SSSR count). The van der Waals surface area contributed by atoms with Crippen LogP contribution in [-0.4, -0.2) is 5.88 Å². The monoisotopic (exact) mass is 276 g/mol. The number of rotatable bonds is 5. The van der Waals surface area contributed by atoms with Crippen molar-refractivity contribution in [1.29, 1.82) is 0 Å². The minimum Gasteiger partial charge on any atom is -0.207 e. The van der Waals surface area contributed by atoms with Crippen molar-refractivity contribution in [3.05, 3.63) is 71.0 Å². The van der Waals surface area contributed by atoms with E-state index in [0.29, 0.717) is 11.8 Å². The number of hydrogen-bond donors (Lipinski definition) is 0. The first-order valence-electron chi connectivity index (χ1n) is 6.54. The van der Waals surface area contributed by atoms with Gasteiger partial charge in [-0.15, -0.1) is 11.6 Å². The zero-order chi connectivity index (χ0) is 13.7. The van der Waals surface area contributed by atoms with Gasteiger partial charge in [0.2, 0.25) is 0 Å². The first-order valence-corrected chi connectivity index (χ1v) is 7.07. The minimum absolute atomic E-state index is 0.173. The summed E-state index contributed by atoms with van der Waals surface area (Å²) in [7, 11) is 0. The molecule has 2 aromatic rings. The molecule has 1 unspecified atom stereocenters. The second-order valence-corrected chi connectivity index (χ2v) is 5.29. The van der Waals surface area contributed by atoms with Crippen LogP contribution in [0.1, 0.15) is 16.7 Å². The molecule has 2 aromatic carbocycles. The molecule has 0 nitrogen and oxygen atoms in total. The average Bonchev–Trinajstić information content (AvgIpc) is 2.43. The van der Waals surface area contributed by atoms with Crippen molar-refractivity contribution < 1.29 is 4.39 Å². The van der Waals surface area contributed by atoms with Crippen LogP contribution in [0.4, 0.5) is 4.39 Å². The molecule has 1 atom stereocenters.